The maximum Gasteiger partial charge on any atom is 0.259 e. The lowest BCUT2D eigenvalue weighted by Crippen LogP contribution is -2.40. The van der Waals surface area contributed by atoms with Gasteiger partial charge in [-0.3, -0.25) is 4.79 Å². The minimum atomic E-state index is -3.79. The van der Waals surface area contributed by atoms with Crippen LogP contribution >= 0.6 is 11.6 Å². The zero-order chi connectivity index (χ0) is 23.1. The first-order valence-corrected chi connectivity index (χ1v) is 13.8. The van der Waals surface area contributed by atoms with Crippen LogP contribution in [0.15, 0.2) is 46.2 Å². The first-order chi connectivity index (χ1) is 15.1. The van der Waals surface area contributed by atoms with Crippen LogP contribution in [-0.2, 0) is 31.0 Å². The molecule has 2 heterocycles. The number of hydrogen-bond donors (Lipinski definition) is 0. The van der Waals surface area contributed by atoms with E-state index in [9.17, 15) is 21.6 Å². The predicted molar refractivity (Wildman–Crippen MR) is 121 cm³/mol. The molecule has 172 valence electrons. The molecule has 2 aromatic rings. The summed E-state index contributed by atoms with van der Waals surface area (Å²) in [5, 5.41) is 0.149. The topological polar surface area (TPSA) is 101 Å². The van der Waals surface area contributed by atoms with Crippen LogP contribution in [0.1, 0.15) is 22.3 Å². The van der Waals surface area contributed by atoms with E-state index in [1.807, 2.05) is 0 Å². The van der Waals surface area contributed by atoms with Gasteiger partial charge in [0.25, 0.3) is 5.91 Å². The van der Waals surface area contributed by atoms with Crippen molar-refractivity contribution in [3.05, 3.63) is 52.5 Å². The molecule has 8 nitrogen and oxygen atoms in total. The summed E-state index contributed by atoms with van der Waals surface area (Å²) in [5.74, 6) is -0.429. The van der Waals surface area contributed by atoms with E-state index in [1.54, 1.807) is 12.1 Å². The second-order valence-electron chi connectivity index (χ2n) is 7.78. The van der Waals surface area contributed by atoms with Gasteiger partial charge in [-0.05, 0) is 54.8 Å². The van der Waals surface area contributed by atoms with E-state index in [1.165, 1.54) is 33.5 Å². The molecule has 1 fully saturated rings. The number of halogens is 1. The van der Waals surface area contributed by atoms with Crippen LogP contribution in [0.5, 0.6) is 0 Å². The molecule has 0 saturated carbocycles. The van der Waals surface area contributed by atoms with E-state index in [2.05, 4.69) is 0 Å². The van der Waals surface area contributed by atoms with Gasteiger partial charge < -0.3 is 9.64 Å². The third kappa shape index (κ3) is 4.42. The highest BCUT2D eigenvalue weighted by Crippen LogP contribution is 2.32. The molecule has 0 aromatic heterocycles. The largest absolute Gasteiger partial charge is 0.379 e. The number of sulfone groups is 1. The van der Waals surface area contributed by atoms with Gasteiger partial charge in [-0.2, -0.15) is 4.31 Å². The number of carbonyl (C=O) groups excluding carboxylic acids is 1. The minimum Gasteiger partial charge on any atom is -0.379 e. The van der Waals surface area contributed by atoms with Gasteiger partial charge in [0.15, 0.2) is 9.84 Å². The van der Waals surface area contributed by atoms with Crippen LogP contribution in [-0.4, -0.2) is 66.2 Å². The van der Waals surface area contributed by atoms with E-state index in [0.717, 1.165) is 11.8 Å². The maximum absolute atomic E-state index is 13.4. The molecule has 11 heteroatoms. The van der Waals surface area contributed by atoms with Crippen molar-refractivity contribution >= 4 is 43.1 Å². The van der Waals surface area contributed by atoms with Gasteiger partial charge in [0.05, 0.1) is 33.6 Å². The molecule has 0 unspecified atom stereocenters. The van der Waals surface area contributed by atoms with Crippen LogP contribution in [0.3, 0.4) is 0 Å². The normalized spacial score (nSPS) is 17.8. The van der Waals surface area contributed by atoms with Crippen molar-refractivity contribution in [3.8, 4) is 0 Å². The van der Waals surface area contributed by atoms with E-state index < -0.39 is 25.8 Å². The smallest absolute Gasteiger partial charge is 0.259 e. The molecule has 0 aliphatic carbocycles. The summed E-state index contributed by atoms with van der Waals surface area (Å²) in [6.45, 7) is 1.55. The summed E-state index contributed by atoms with van der Waals surface area (Å²) >= 11 is 6.30. The zero-order valence-electron chi connectivity index (χ0n) is 17.5. The molecule has 1 amide bonds. The van der Waals surface area contributed by atoms with E-state index in [0.29, 0.717) is 38.3 Å². The van der Waals surface area contributed by atoms with Gasteiger partial charge in [-0.25, -0.2) is 16.8 Å². The lowest BCUT2D eigenvalue weighted by molar-refractivity contribution is 0.0730. The van der Waals surface area contributed by atoms with E-state index in [-0.39, 0.29) is 33.5 Å². The maximum atomic E-state index is 13.4. The van der Waals surface area contributed by atoms with Gasteiger partial charge in [-0.1, -0.05) is 11.6 Å². The number of ether oxygens (including phenoxy) is 1. The van der Waals surface area contributed by atoms with Crippen molar-refractivity contribution in [1.29, 1.82) is 0 Å². The molecule has 0 atom stereocenters. The molecule has 32 heavy (non-hydrogen) atoms. The van der Waals surface area contributed by atoms with Crippen molar-refractivity contribution in [2.75, 3.05) is 44.0 Å². The van der Waals surface area contributed by atoms with Crippen LogP contribution < -0.4 is 4.90 Å². The Balaban J connectivity index is 1.70. The van der Waals surface area contributed by atoms with Crippen molar-refractivity contribution in [3.63, 3.8) is 0 Å². The van der Waals surface area contributed by atoms with Gasteiger partial charge in [0.2, 0.25) is 10.0 Å². The Bertz CT molecular complexity index is 1270. The molecule has 0 bridgehead atoms. The summed E-state index contributed by atoms with van der Waals surface area (Å²) in [7, 11) is -7.16. The minimum absolute atomic E-state index is 0.00296. The lowest BCUT2D eigenvalue weighted by Gasteiger charge is -2.30. The molecular weight excluding hydrogens is 476 g/mol. The standard InChI is InChI=1S/C21H23ClN2O6S2/c1-31(26,27)16-5-7-20-15(13-16)3-2-8-24(20)21(25)18-14-17(4-6-19(18)22)32(28,29)23-9-11-30-12-10-23/h4-7,13-14H,2-3,8-12H2,1H3. The zero-order valence-corrected chi connectivity index (χ0v) is 19.8. The lowest BCUT2D eigenvalue weighted by atomic mass is 10.0. The predicted octanol–water partition coefficient (Wildman–Crippen LogP) is 2.36. The number of fused-ring (bicyclic) bond motifs is 1. The van der Waals surface area contributed by atoms with E-state index >= 15 is 0 Å². The molecule has 2 aliphatic heterocycles. The van der Waals surface area contributed by atoms with Crippen molar-refractivity contribution < 1.29 is 26.4 Å². The average Bonchev–Trinajstić information content (AvgIpc) is 2.78. The highest BCUT2D eigenvalue weighted by molar-refractivity contribution is 7.90. The monoisotopic (exact) mass is 498 g/mol. The van der Waals surface area contributed by atoms with Crippen molar-refractivity contribution in [1.82, 2.24) is 4.31 Å². The number of anilines is 1. The summed E-state index contributed by atoms with van der Waals surface area (Å²) in [6, 6.07) is 8.80. The van der Waals surface area contributed by atoms with Crippen molar-refractivity contribution in [2.24, 2.45) is 0 Å². The number of aryl methyl sites for hydroxylation is 1. The van der Waals surface area contributed by atoms with Crippen LogP contribution in [0.4, 0.5) is 5.69 Å². The summed E-state index contributed by atoms with van der Waals surface area (Å²) in [4.78, 5) is 15.1. The third-order valence-electron chi connectivity index (χ3n) is 5.62. The number of nitrogens with zero attached hydrogens (tertiary/aromatic N) is 2. The van der Waals surface area contributed by atoms with Crippen LogP contribution in [0.25, 0.3) is 0 Å². The van der Waals surface area contributed by atoms with Crippen LogP contribution in [0.2, 0.25) is 5.02 Å². The number of sulfonamides is 1. The van der Waals surface area contributed by atoms with Gasteiger partial charge >= 0.3 is 0 Å². The Labute approximate surface area is 192 Å². The summed E-state index contributed by atoms with van der Waals surface area (Å²) in [5.41, 5.74) is 1.44. The highest BCUT2D eigenvalue weighted by atomic mass is 35.5. The molecular formula is C21H23ClN2O6S2. The Morgan fingerprint density at radius 2 is 1.66 bits per heavy atom. The molecule has 1 saturated heterocycles. The average molecular weight is 499 g/mol. The Kier molecular flexibility index (Phi) is 6.34. The van der Waals surface area contributed by atoms with Gasteiger partial charge in [0.1, 0.15) is 0 Å². The van der Waals surface area contributed by atoms with Gasteiger partial charge in [-0.15, -0.1) is 0 Å². The number of rotatable bonds is 4. The molecule has 0 radical (unpaired) electrons. The first-order valence-electron chi connectivity index (χ1n) is 10.1. The second-order valence-corrected chi connectivity index (χ2v) is 12.1. The Hall–Kier alpha value is -1.98. The summed E-state index contributed by atoms with van der Waals surface area (Å²) in [6.07, 6.45) is 2.43. The number of morpholine rings is 1. The highest BCUT2D eigenvalue weighted by Gasteiger charge is 2.30. The fourth-order valence-corrected chi connectivity index (χ4v) is 6.23. The Morgan fingerprint density at radius 3 is 2.34 bits per heavy atom. The second kappa shape index (κ2) is 8.75. The molecule has 0 N–H and O–H groups in total. The van der Waals surface area contributed by atoms with E-state index in [4.69, 9.17) is 16.3 Å². The Morgan fingerprint density at radius 1 is 0.969 bits per heavy atom. The number of carbonyl (C=O) groups is 1. The molecule has 0 spiro atoms. The SMILES string of the molecule is CS(=O)(=O)c1ccc2c(c1)CCCN2C(=O)c1cc(S(=O)(=O)N2CCOCC2)ccc1Cl. The number of amides is 1. The first kappa shape index (κ1) is 23.2. The summed E-state index contributed by atoms with van der Waals surface area (Å²) < 4.78 is 56.4. The quantitative estimate of drug-likeness (QED) is 0.641. The fraction of sp³-hybridized carbons (Fsp3) is 0.381. The third-order valence-corrected chi connectivity index (χ3v) is 8.95. The molecule has 2 aliphatic rings. The molecule has 2 aromatic carbocycles. The fourth-order valence-electron chi connectivity index (χ4n) is 3.93. The number of benzene rings is 2. The molecule has 4 rings (SSSR count). The number of hydrogen-bond acceptors (Lipinski definition) is 6. The van der Waals surface area contributed by atoms with Crippen LogP contribution in [0, 0.1) is 0 Å². The van der Waals surface area contributed by atoms with Gasteiger partial charge in [0, 0.05) is 31.6 Å². The van der Waals surface area contributed by atoms with Crippen molar-refractivity contribution in [2.45, 2.75) is 22.6 Å².